The van der Waals surface area contributed by atoms with Crippen LogP contribution < -0.4 is 10.1 Å². The molecule has 0 aliphatic carbocycles. The standard InChI is InChI=1S/C19H16ClNO4S/c1-26(23,24)18-11-15(20)7-9-17(18)21-12-19(22)25-16-8-6-13-4-2-3-5-14(13)10-16/h2-11,21H,12H2,1H3. The summed E-state index contributed by atoms with van der Waals surface area (Å²) in [5.74, 6) is -0.107. The van der Waals surface area contributed by atoms with Crippen molar-refractivity contribution in [2.24, 2.45) is 0 Å². The van der Waals surface area contributed by atoms with Gasteiger partial charge in [0.2, 0.25) is 0 Å². The molecule has 134 valence electrons. The Balaban J connectivity index is 1.71. The SMILES string of the molecule is CS(=O)(=O)c1cc(Cl)ccc1NCC(=O)Oc1ccc2ccccc2c1. The molecule has 5 nitrogen and oxygen atoms in total. The third-order valence-electron chi connectivity index (χ3n) is 3.72. The summed E-state index contributed by atoms with van der Waals surface area (Å²) in [5, 5.41) is 5.10. The van der Waals surface area contributed by atoms with Gasteiger partial charge < -0.3 is 10.1 Å². The highest BCUT2D eigenvalue weighted by atomic mass is 35.5. The van der Waals surface area contributed by atoms with Gasteiger partial charge in [0.1, 0.15) is 12.3 Å². The molecule has 0 bridgehead atoms. The van der Waals surface area contributed by atoms with Crippen LogP contribution in [-0.4, -0.2) is 27.2 Å². The number of nitrogens with one attached hydrogen (secondary N) is 1. The third-order valence-corrected chi connectivity index (χ3v) is 5.09. The fourth-order valence-corrected chi connectivity index (χ4v) is 3.63. The molecular formula is C19H16ClNO4S. The molecule has 0 aliphatic heterocycles. The fourth-order valence-electron chi connectivity index (χ4n) is 2.51. The van der Waals surface area contributed by atoms with Crippen molar-refractivity contribution in [2.75, 3.05) is 18.1 Å². The zero-order valence-electron chi connectivity index (χ0n) is 13.9. The first-order chi connectivity index (χ1) is 12.3. The fraction of sp³-hybridized carbons (Fsp3) is 0.105. The zero-order chi connectivity index (χ0) is 18.7. The van der Waals surface area contributed by atoms with Gasteiger partial charge in [-0.3, -0.25) is 0 Å². The highest BCUT2D eigenvalue weighted by molar-refractivity contribution is 7.90. The van der Waals surface area contributed by atoms with Gasteiger partial charge in [-0.15, -0.1) is 0 Å². The van der Waals surface area contributed by atoms with E-state index in [2.05, 4.69) is 5.32 Å². The number of sulfone groups is 1. The minimum absolute atomic E-state index is 0.0310. The molecular weight excluding hydrogens is 374 g/mol. The van der Waals surface area contributed by atoms with E-state index in [1.807, 2.05) is 30.3 Å². The zero-order valence-corrected chi connectivity index (χ0v) is 15.5. The van der Waals surface area contributed by atoms with Gasteiger partial charge in [0, 0.05) is 11.3 Å². The van der Waals surface area contributed by atoms with Crippen molar-refractivity contribution in [2.45, 2.75) is 4.90 Å². The van der Waals surface area contributed by atoms with Crippen LogP contribution >= 0.6 is 11.6 Å². The molecule has 0 heterocycles. The molecule has 1 N–H and O–H groups in total. The number of carbonyl (C=O) groups excluding carboxylic acids is 1. The predicted octanol–water partition coefficient (Wildman–Crippen LogP) is 3.91. The maximum atomic E-state index is 12.1. The second kappa shape index (κ2) is 7.35. The molecule has 0 unspecified atom stereocenters. The number of hydrogen-bond donors (Lipinski definition) is 1. The Morgan fingerprint density at radius 2 is 1.77 bits per heavy atom. The lowest BCUT2D eigenvalue weighted by molar-refractivity contribution is -0.132. The molecule has 3 aromatic carbocycles. The van der Waals surface area contributed by atoms with Crippen LogP contribution in [0.25, 0.3) is 10.8 Å². The molecule has 0 aliphatic rings. The molecule has 0 spiro atoms. The Kier molecular flexibility index (Phi) is 5.15. The van der Waals surface area contributed by atoms with Gasteiger partial charge in [0.05, 0.1) is 10.6 Å². The highest BCUT2D eigenvalue weighted by Crippen LogP contribution is 2.25. The summed E-state index contributed by atoms with van der Waals surface area (Å²) in [7, 11) is -3.49. The number of anilines is 1. The average molecular weight is 390 g/mol. The topological polar surface area (TPSA) is 72.5 Å². The van der Waals surface area contributed by atoms with Gasteiger partial charge in [-0.2, -0.15) is 0 Å². The maximum Gasteiger partial charge on any atom is 0.330 e. The van der Waals surface area contributed by atoms with E-state index in [9.17, 15) is 13.2 Å². The number of esters is 1. The number of hydrogen-bond acceptors (Lipinski definition) is 5. The largest absolute Gasteiger partial charge is 0.425 e. The number of rotatable bonds is 5. The maximum absolute atomic E-state index is 12.1. The number of ether oxygens (including phenoxy) is 1. The lowest BCUT2D eigenvalue weighted by Gasteiger charge is -2.11. The molecule has 3 aromatic rings. The number of carbonyl (C=O) groups is 1. The van der Waals surface area contributed by atoms with Crippen LogP contribution in [0.2, 0.25) is 5.02 Å². The summed E-state index contributed by atoms with van der Waals surface area (Å²) >= 11 is 5.86. The van der Waals surface area contributed by atoms with Crippen molar-refractivity contribution in [1.82, 2.24) is 0 Å². The molecule has 3 rings (SSSR count). The van der Waals surface area contributed by atoms with Crippen molar-refractivity contribution in [3.63, 3.8) is 0 Å². The minimum Gasteiger partial charge on any atom is -0.425 e. The molecule has 0 fully saturated rings. The second-order valence-corrected chi connectivity index (χ2v) is 8.17. The summed E-state index contributed by atoms with van der Waals surface area (Å²) in [5.41, 5.74) is 0.298. The third kappa shape index (κ3) is 4.33. The van der Waals surface area contributed by atoms with Crippen LogP contribution in [-0.2, 0) is 14.6 Å². The Labute approximate surface area is 156 Å². The first-order valence-corrected chi connectivity index (χ1v) is 10.0. The quantitative estimate of drug-likeness (QED) is 0.529. The summed E-state index contributed by atoms with van der Waals surface area (Å²) < 4.78 is 29.0. The van der Waals surface area contributed by atoms with Crippen LogP contribution in [0.5, 0.6) is 5.75 Å². The van der Waals surface area contributed by atoms with Gasteiger partial charge in [-0.1, -0.05) is 41.9 Å². The van der Waals surface area contributed by atoms with Crippen LogP contribution in [0.1, 0.15) is 0 Å². The summed E-state index contributed by atoms with van der Waals surface area (Å²) in [6.07, 6.45) is 1.08. The van der Waals surface area contributed by atoms with E-state index in [1.165, 1.54) is 12.1 Å². The summed E-state index contributed by atoms with van der Waals surface area (Å²) in [6, 6.07) is 17.5. The minimum atomic E-state index is -3.49. The van der Waals surface area contributed by atoms with Crippen molar-refractivity contribution in [1.29, 1.82) is 0 Å². The predicted molar refractivity (Wildman–Crippen MR) is 103 cm³/mol. The van der Waals surface area contributed by atoms with Gasteiger partial charge >= 0.3 is 5.97 Å². The number of benzene rings is 3. The molecule has 7 heteroatoms. The van der Waals surface area contributed by atoms with Gasteiger partial charge in [-0.05, 0) is 41.1 Å². The Hall–Kier alpha value is -2.57. The number of fused-ring (bicyclic) bond motifs is 1. The smallest absolute Gasteiger partial charge is 0.330 e. The van der Waals surface area contributed by atoms with E-state index in [1.54, 1.807) is 18.2 Å². The molecule has 0 amide bonds. The highest BCUT2D eigenvalue weighted by Gasteiger charge is 2.15. The molecule has 0 aromatic heterocycles. The van der Waals surface area contributed by atoms with Gasteiger partial charge in [-0.25, -0.2) is 13.2 Å². The van der Waals surface area contributed by atoms with Gasteiger partial charge in [0.25, 0.3) is 0 Å². The molecule has 0 saturated heterocycles. The van der Waals surface area contributed by atoms with Gasteiger partial charge in [0.15, 0.2) is 9.84 Å². The molecule has 26 heavy (non-hydrogen) atoms. The summed E-state index contributed by atoms with van der Waals surface area (Å²) in [6.45, 7) is -0.184. The van der Waals surface area contributed by atoms with Crippen LogP contribution in [0.4, 0.5) is 5.69 Å². The van der Waals surface area contributed by atoms with E-state index < -0.39 is 15.8 Å². The van der Waals surface area contributed by atoms with E-state index in [0.29, 0.717) is 16.5 Å². The molecule has 0 radical (unpaired) electrons. The molecule has 0 atom stereocenters. The van der Waals surface area contributed by atoms with E-state index in [4.69, 9.17) is 16.3 Å². The lowest BCUT2D eigenvalue weighted by atomic mass is 10.1. The first kappa shape index (κ1) is 18.2. The Bertz CT molecular complexity index is 1080. The average Bonchev–Trinajstić information content (AvgIpc) is 2.60. The van der Waals surface area contributed by atoms with E-state index >= 15 is 0 Å². The van der Waals surface area contributed by atoms with Crippen LogP contribution in [0.3, 0.4) is 0 Å². The van der Waals surface area contributed by atoms with E-state index in [-0.39, 0.29) is 11.4 Å². The Morgan fingerprint density at radius 1 is 1.04 bits per heavy atom. The van der Waals surface area contributed by atoms with Crippen molar-refractivity contribution in [3.05, 3.63) is 65.7 Å². The van der Waals surface area contributed by atoms with Crippen molar-refractivity contribution in [3.8, 4) is 5.75 Å². The normalized spacial score (nSPS) is 11.3. The molecule has 0 saturated carbocycles. The van der Waals surface area contributed by atoms with Crippen molar-refractivity contribution < 1.29 is 17.9 Å². The summed E-state index contributed by atoms with van der Waals surface area (Å²) in [4.78, 5) is 12.1. The first-order valence-electron chi connectivity index (χ1n) is 7.76. The van der Waals surface area contributed by atoms with E-state index in [0.717, 1.165) is 17.0 Å². The number of halogens is 1. The lowest BCUT2D eigenvalue weighted by Crippen LogP contribution is -2.20. The monoisotopic (exact) mass is 389 g/mol. The van der Waals surface area contributed by atoms with Crippen LogP contribution in [0, 0.1) is 0 Å². The van der Waals surface area contributed by atoms with Crippen molar-refractivity contribution >= 4 is 43.9 Å². The Morgan fingerprint density at radius 3 is 2.50 bits per heavy atom. The van der Waals surface area contributed by atoms with Crippen LogP contribution in [0.15, 0.2) is 65.6 Å². The second-order valence-electron chi connectivity index (χ2n) is 5.75.